The lowest BCUT2D eigenvalue weighted by atomic mass is 9.78. The Morgan fingerprint density at radius 1 is 1.35 bits per heavy atom. The molecule has 20 heavy (non-hydrogen) atoms. The summed E-state index contributed by atoms with van der Waals surface area (Å²) < 4.78 is 4.64. The minimum absolute atomic E-state index is 0.0200. The molecule has 1 aliphatic heterocycles. The van der Waals surface area contributed by atoms with Crippen LogP contribution >= 0.6 is 0 Å². The Labute approximate surface area is 119 Å². The van der Waals surface area contributed by atoms with E-state index in [9.17, 15) is 9.59 Å². The number of alkyl carbamates (subject to hydrolysis) is 1. The van der Waals surface area contributed by atoms with Gasteiger partial charge in [-0.05, 0) is 31.1 Å². The van der Waals surface area contributed by atoms with Crippen molar-refractivity contribution in [2.75, 3.05) is 20.2 Å². The van der Waals surface area contributed by atoms with Gasteiger partial charge in [0.15, 0.2) is 0 Å². The number of carbonyl (C=O) groups excluding carboxylic acids is 1. The van der Waals surface area contributed by atoms with Crippen molar-refractivity contribution >= 4 is 12.1 Å². The molecule has 1 saturated carbocycles. The van der Waals surface area contributed by atoms with Crippen molar-refractivity contribution in [3.8, 4) is 0 Å². The first-order chi connectivity index (χ1) is 9.49. The van der Waals surface area contributed by atoms with Gasteiger partial charge in [-0.1, -0.05) is 6.92 Å². The van der Waals surface area contributed by atoms with Crippen LogP contribution in [0.3, 0.4) is 0 Å². The van der Waals surface area contributed by atoms with Crippen LogP contribution in [-0.4, -0.2) is 54.4 Å². The fraction of sp³-hybridized carbons (Fsp3) is 0.857. The number of likely N-dealkylation sites (tertiary alicyclic amines) is 1. The molecular weight excluding hydrogens is 260 g/mol. The minimum Gasteiger partial charge on any atom is -0.481 e. The van der Waals surface area contributed by atoms with Gasteiger partial charge in [-0.15, -0.1) is 0 Å². The molecule has 1 saturated heterocycles. The summed E-state index contributed by atoms with van der Waals surface area (Å²) in [5, 5.41) is 11.8. The number of carboxylic acids is 1. The molecule has 6 heteroatoms. The summed E-state index contributed by atoms with van der Waals surface area (Å²) in [4.78, 5) is 24.7. The normalized spacial score (nSPS) is 34.1. The molecule has 2 aliphatic rings. The Morgan fingerprint density at radius 2 is 2.10 bits per heavy atom. The van der Waals surface area contributed by atoms with Gasteiger partial charge in [0.2, 0.25) is 0 Å². The van der Waals surface area contributed by atoms with Crippen molar-refractivity contribution in [1.82, 2.24) is 10.2 Å². The van der Waals surface area contributed by atoms with Crippen molar-refractivity contribution in [2.45, 2.75) is 44.7 Å². The lowest BCUT2D eigenvalue weighted by molar-refractivity contribution is -0.138. The molecule has 1 heterocycles. The maximum absolute atomic E-state index is 11.4. The number of nitrogens with zero attached hydrogens (tertiary/aromatic N) is 1. The zero-order valence-electron chi connectivity index (χ0n) is 12.2. The molecule has 114 valence electrons. The molecule has 2 rings (SSSR count). The molecule has 0 bridgehead atoms. The van der Waals surface area contributed by atoms with Crippen molar-refractivity contribution in [2.24, 2.45) is 11.8 Å². The Bertz CT molecular complexity index is 374. The van der Waals surface area contributed by atoms with Gasteiger partial charge in [0.1, 0.15) is 0 Å². The van der Waals surface area contributed by atoms with Crippen LogP contribution in [-0.2, 0) is 9.53 Å². The van der Waals surface area contributed by atoms with Crippen molar-refractivity contribution in [3.05, 3.63) is 0 Å². The fourth-order valence-electron chi connectivity index (χ4n) is 3.43. The predicted octanol–water partition coefficient (Wildman–Crippen LogP) is 1.31. The van der Waals surface area contributed by atoms with Gasteiger partial charge in [-0.3, -0.25) is 9.69 Å². The van der Waals surface area contributed by atoms with Crippen LogP contribution in [0, 0.1) is 11.8 Å². The van der Waals surface area contributed by atoms with E-state index in [2.05, 4.69) is 21.9 Å². The summed E-state index contributed by atoms with van der Waals surface area (Å²) in [5.41, 5.74) is 0. The van der Waals surface area contributed by atoms with Gasteiger partial charge in [-0.2, -0.15) is 0 Å². The van der Waals surface area contributed by atoms with Crippen LogP contribution in [0.25, 0.3) is 0 Å². The van der Waals surface area contributed by atoms with E-state index in [-0.39, 0.29) is 18.4 Å². The third-order valence-corrected chi connectivity index (χ3v) is 4.58. The maximum atomic E-state index is 11.4. The highest BCUT2D eigenvalue weighted by Gasteiger charge is 2.38. The van der Waals surface area contributed by atoms with Crippen LogP contribution in [0.2, 0.25) is 0 Å². The summed E-state index contributed by atoms with van der Waals surface area (Å²) >= 11 is 0. The molecule has 0 aromatic carbocycles. The zero-order chi connectivity index (χ0) is 14.7. The number of hydrogen-bond donors (Lipinski definition) is 2. The van der Waals surface area contributed by atoms with E-state index in [1.165, 1.54) is 20.0 Å². The first kappa shape index (κ1) is 15.1. The summed E-state index contributed by atoms with van der Waals surface area (Å²) in [6, 6.07) is 0.516. The number of rotatable bonds is 4. The average molecular weight is 284 g/mol. The summed E-state index contributed by atoms with van der Waals surface area (Å²) in [7, 11) is 1.35. The van der Waals surface area contributed by atoms with Crippen LogP contribution in [0.4, 0.5) is 4.79 Å². The lowest BCUT2D eigenvalue weighted by Crippen LogP contribution is -2.57. The first-order valence-corrected chi connectivity index (χ1v) is 7.30. The van der Waals surface area contributed by atoms with Gasteiger partial charge < -0.3 is 15.2 Å². The Balaban J connectivity index is 1.97. The largest absolute Gasteiger partial charge is 0.481 e. The van der Waals surface area contributed by atoms with Crippen molar-refractivity contribution in [3.63, 3.8) is 0 Å². The third kappa shape index (κ3) is 3.62. The Kier molecular flexibility index (Phi) is 4.86. The van der Waals surface area contributed by atoms with E-state index >= 15 is 0 Å². The van der Waals surface area contributed by atoms with Crippen molar-refractivity contribution < 1.29 is 19.4 Å². The standard InChI is InChI=1S/C14H24N2O4/c1-9-3-4-12(9)16-7-10(6-13(17)18)5-11(8-16)15-14(19)20-2/h9-12H,3-8H2,1-2H3,(H,15,19)(H,17,18). The lowest BCUT2D eigenvalue weighted by Gasteiger charge is -2.48. The molecule has 0 spiro atoms. The van der Waals surface area contributed by atoms with Crippen LogP contribution < -0.4 is 5.32 Å². The first-order valence-electron chi connectivity index (χ1n) is 7.30. The average Bonchev–Trinajstić information content (AvgIpc) is 2.35. The molecule has 1 aliphatic carbocycles. The van der Waals surface area contributed by atoms with Crippen LogP contribution in [0.1, 0.15) is 32.6 Å². The molecule has 6 nitrogen and oxygen atoms in total. The minimum atomic E-state index is -0.768. The summed E-state index contributed by atoms with van der Waals surface area (Å²) in [6.45, 7) is 3.85. The summed E-state index contributed by atoms with van der Waals surface area (Å²) in [6.07, 6.45) is 2.84. The quantitative estimate of drug-likeness (QED) is 0.813. The smallest absolute Gasteiger partial charge is 0.407 e. The van der Waals surface area contributed by atoms with Crippen LogP contribution in [0.5, 0.6) is 0 Å². The maximum Gasteiger partial charge on any atom is 0.407 e. The highest BCUT2D eigenvalue weighted by Crippen LogP contribution is 2.34. The van der Waals surface area contributed by atoms with E-state index in [0.29, 0.717) is 18.4 Å². The third-order valence-electron chi connectivity index (χ3n) is 4.58. The van der Waals surface area contributed by atoms with E-state index < -0.39 is 12.1 Å². The highest BCUT2D eigenvalue weighted by atomic mass is 16.5. The van der Waals surface area contributed by atoms with Gasteiger partial charge in [0, 0.05) is 31.6 Å². The second-order valence-corrected chi connectivity index (χ2v) is 6.11. The van der Waals surface area contributed by atoms with Gasteiger partial charge in [0.25, 0.3) is 0 Å². The Morgan fingerprint density at radius 3 is 2.60 bits per heavy atom. The molecule has 2 fully saturated rings. The highest BCUT2D eigenvalue weighted by molar-refractivity contribution is 5.68. The predicted molar refractivity (Wildman–Crippen MR) is 73.4 cm³/mol. The number of aliphatic carboxylic acids is 1. The number of hydrogen-bond acceptors (Lipinski definition) is 4. The van der Waals surface area contributed by atoms with E-state index in [0.717, 1.165) is 13.1 Å². The number of carboxylic acid groups (broad SMARTS) is 1. The molecule has 0 aromatic heterocycles. The number of carbonyl (C=O) groups is 2. The second kappa shape index (κ2) is 6.43. The number of nitrogens with one attached hydrogen (secondary N) is 1. The molecule has 1 amide bonds. The SMILES string of the molecule is COC(=O)NC1CC(CC(=O)O)CN(C2CCC2C)C1. The number of amides is 1. The monoisotopic (exact) mass is 284 g/mol. The Hall–Kier alpha value is -1.30. The van der Waals surface area contributed by atoms with Gasteiger partial charge in [0.05, 0.1) is 7.11 Å². The fourth-order valence-corrected chi connectivity index (χ4v) is 3.43. The molecule has 2 N–H and O–H groups in total. The van der Waals surface area contributed by atoms with E-state index in [1.807, 2.05) is 0 Å². The van der Waals surface area contributed by atoms with Crippen molar-refractivity contribution in [1.29, 1.82) is 0 Å². The second-order valence-electron chi connectivity index (χ2n) is 6.11. The van der Waals surface area contributed by atoms with Crippen LogP contribution in [0.15, 0.2) is 0 Å². The molecule has 4 atom stereocenters. The number of piperidine rings is 1. The van der Waals surface area contributed by atoms with E-state index in [4.69, 9.17) is 5.11 Å². The van der Waals surface area contributed by atoms with Gasteiger partial charge in [-0.25, -0.2) is 4.79 Å². The number of methoxy groups -OCH3 is 1. The summed E-state index contributed by atoms with van der Waals surface area (Å²) in [5.74, 6) is -0.0103. The number of ether oxygens (including phenoxy) is 1. The van der Waals surface area contributed by atoms with E-state index in [1.54, 1.807) is 0 Å². The molecule has 0 radical (unpaired) electrons. The zero-order valence-corrected chi connectivity index (χ0v) is 12.2. The van der Waals surface area contributed by atoms with Gasteiger partial charge >= 0.3 is 12.1 Å². The molecule has 0 aromatic rings. The topological polar surface area (TPSA) is 78.9 Å². The molecule has 4 unspecified atom stereocenters. The molecular formula is C14H24N2O4.